The molecule has 1 rings (SSSR count). The second kappa shape index (κ2) is 9.78. The van der Waals surface area contributed by atoms with Crippen LogP contribution in [0.5, 0.6) is 0 Å². The maximum Gasteiger partial charge on any atom is 0.286 e. The summed E-state index contributed by atoms with van der Waals surface area (Å²) in [7, 11) is 3.09. The molecule has 2 atom stereocenters. The van der Waals surface area contributed by atoms with Gasteiger partial charge < -0.3 is 16.4 Å². The number of amides is 1. The number of carbonyl (C=O) groups is 1. The van der Waals surface area contributed by atoms with Crippen molar-refractivity contribution in [2.24, 2.45) is 10.7 Å². The highest BCUT2D eigenvalue weighted by Gasteiger charge is 2.29. The second-order valence-corrected chi connectivity index (χ2v) is 7.96. The van der Waals surface area contributed by atoms with E-state index >= 15 is 0 Å². The number of aliphatic imine (C=N–C) groups is 1. The van der Waals surface area contributed by atoms with E-state index in [0.29, 0.717) is 17.7 Å². The fourth-order valence-corrected chi connectivity index (χ4v) is 2.71. The SMILES string of the molecule is C=C(C)NC(C/C(C=NC)=C/N)C(=O)NC(C)(C)Cn1cc(C(F)(F)P)cn1. The number of carbonyl (C=O) groups excluding carboxylic acids is 1. The zero-order valence-corrected chi connectivity index (χ0v) is 17.8. The minimum absolute atomic E-state index is 0.210. The van der Waals surface area contributed by atoms with Crippen LogP contribution in [0.3, 0.4) is 0 Å². The zero-order valence-electron chi connectivity index (χ0n) is 16.7. The number of hydrogen-bond donors (Lipinski definition) is 3. The Kier molecular flexibility index (Phi) is 8.29. The Labute approximate surface area is 166 Å². The number of hydrogen-bond acceptors (Lipinski definition) is 5. The summed E-state index contributed by atoms with van der Waals surface area (Å²) in [6.07, 6.45) is 5.66. The molecule has 1 amide bonds. The van der Waals surface area contributed by atoms with Crippen LogP contribution in [-0.4, -0.2) is 40.5 Å². The normalized spacial score (nSPS) is 14.2. The maximum absolute atomic E-state index is 13.4. The van der Waals surface area contributed by atoms with Crippen molar-refractivity contribution in [2.45, 2.75) is 51.0 Å². The van der Waals surface area contributed by atoms with Crippen LogP contribution in [0.4, 0.5) is 8.78 Å². The Hall–Kier alpha value is -2.28. The minimum Gasteiger partial charge on any atom is -0.404 e. The Morgan fingerprint density at radius 2 is 2.18 bits per heavy atom. The summed E-state index contributed by atoms with van der Waals surface area (Å²) < 4.78 is 28.1. The molecular formula is C18H29F2N6OP. The number of rotatable bonds is 10. The molecule has 1 aromatic rings. The summed E-state index contributed by atoms with van der Waals surface area (Å²) >= 11 is 0. The van der Waals surface area contributed by atoms with Gasteiger partial charge >= 0.3 is 0 Å². The first-order valence-electron chi connectivity index (χ1n) is 8.64. The third-order valence-corrected chi connectivity index (χ3v) is 4.06. The molecule has 28 heavy (non-hydrogen) atoms. The fourth-order valence-electron chi connectivity index (χ4n) is 2.56. The van der Waals surface area contributed by atoms with E-state index in [4.69, 9.17) is 5.73 Å². The van der Waals surface area contributed by atoms with E-state index in [0.717, 1.165) is 6.20 Å². The van der Waals surface area contributed by atoms with Gasteiger partial charge in [0.2, 0.25) is 5.91 Å². The Bertz CT molecular complexity index is 752. The van der Waals surface area contributed by atoms with Crippen molar-refractivity contribution in [1.29, 1.82) is 0 Å². The minimum atomic E-state index is -3.05. The van der Waals surface area contributed by atoms with Gasteiger partial charge in [-0.3, -0.25) is 14.5 Å². The molecule has 0 aliphatic rings. The van der Waals surface area contributed by atoms with E-state index in [1.807, 2.05) is 0 Å². The number of nitrogens with zero attached hydrogens (tertiary/aromatic N) is 3. The van der Waals surface area contributed by atoms with Gasteiger partial charge in [0.1, 0.15) is 6.04 Å². The monoisotopic (exact) mass is 414 g/mol. The number of nitrogens with one attached hydrogen (secondary N) is 2. The third-order valence-electron chi connectivity index (χ3n) is 3.72. The maximum atomic E-state index is 13.4. The molecule has 2 unspecified atom stereocenters. The van der Waals surface area contributed by atoms with Gasteiger partial charge in [-0.2, -0.15) is 13.9 Å². The highest BCUT2D eigenvalue weighted by Crippen LogP contribution is 2.34. The molecule has 156 valence electrons. The molecule has 0 aromatic carbocycles. The van der Waals surface area contributed by atoms with Gasteiger partial charge in [0, 0.05) is 31.6 Å². The number of aromatic nitrogens is 2. The van der Waals surface area contributed by atoms with Gasteiger partial charge in [-0.1, -0.05) is 15.8 Å². The number of alkyl halides is 2. The van der Waals surface area contributed by atoms with Gasteiger partial charge in [-0.05, 0) is 32.5 Å². The molecule has 0 radical (unpaired) electrons. The van der Waals surface area contributed by atoms with Crippen LogP contribution >= 0.6 is 9.24 Å². The Balaban J connectivity index is 2.88. The van der Waals surface area contributed by atoms with E-state index in [-0.39, 0.29) is 18.0 Å². The van der Waals surface area contributed by atoms with Crippen molar-refractivity contribution in [3.8, 4) is 0 Å². The highest BCUT2D eigenvalue weighted by molar-refractivity contribution is 7.17. The standard InChI is InChI=1S/C18H29F2N6OP/c1-12(2)24-15(6-13(7-21)8-22-5)16(27)25-17(3,4)11-26-10-14(9-23-26)18(19,20)28/h7-10,15,24H,1,6,11,21,28H2,2-5H3,(H,25,27)/b13-7-,22-8?. The Morgan fingerprint density at radius 1 is 1.54 bits per heavy atom. The number of halogens is 2. The lowest BCUT2D eigenvalue weighted by Gasteiger charge is -2.29. The van der Waals surface area contributed by atoms with Crippen molar-refractivity contribution in [3.63, 3.8) is 0 Å². The highest BCUT2D eigenvalue weighted by atomic mass is 31.0. The molecule has 10 heteroatoms. The first-order valence-corrected chi connectivity index (χ1v) is 9.22. The molecule has 0 saturated carbocycles. The van der Waals surface area contributed by atoms with Gasteiger partial charge in [0.05, 0.1) is 23.8 Å². The molecule has 7 nitrogen and oxygen atoms in total. The molecule has 1 aromatic heterocycles. The van der Waals surface area contributed by atoms with E-state index in [9.17, 15) is 13.6 Å². The van der Waals surface area contributed by atoms with Crippen LogP contribution in [0.25, 0.3) is 0 Å². The van der Waals surface area contributed by atoms with E-state index in [2.05, 4.69) is 27.3 Å². The van der Waals surface area contributed by atoms with Crippen molar-refractivity contribution in [1.82, 2.24) is 20.4 Å². The fraction of sp³-hybridized carbons (Fsp3) is 0.500. The van der Waals surface area contributed by atoms with Crippen molar-refractivity contribution >= 4 is 21.4 Å². The quantitative estimate of drug-likeness (QED) is 0.404. The van der Waals surface area contributed by atoms with Crippen LogP contribution in [-0.2, 0) is 17.0 Å². The molecule has 0 aliphatic heterocycles. The predicted molar refractivity (Wildman–Crippen MR) is 111 cm³/mol. The summed E-state index contributed by atoms with van der Waals surface area (Å²) in [6, 6.07) is -0.617. The van der Waals surface area contributed by atoms with Gasteiger partial charge in [0.15, 0.2) is 0 Å². The van der Waals surface area contributed by atoms with E-state index in [1.54, 1.807) is 34.0 Å². The van der Waals surface area contributed by atoms with Crippen LogP contribution < -0.4 is 16.4 Å². The van der Waals surface area contributed by atoms with Crippen molar-refractivity contribution in [3.05, 3.63) is 42.0 Å². The summed E-state index contributed by atoms with van der Waals surface area (Å²) in [5.41, 5.74) is 2.91. The molecule has 0 aliphatic carbocycles. The van der Waals surface area contributed by atoms with Crippen LogP contribution in [0, 0.1) is 0 Å². The van der Waals surface area contributed by atoms with Gasteiger partial charge in [-0.25, -0.2) is 0 Å². The summed E-state index contributed by atoms with van der Waals surface area (Å²) in [5, 5.41) is 9.90. The average molecular weight is 414 g/mol. The van der Waals surface area contributed by atoms with Crippen molar-refractivity contribution in [2.75, 3.05) is 7.05 Å². The first kappa shape index (κ1) is 23.8. The summed E-state index contributed by atoms with van der Waals surface area (Å²) in [4.78, 5) is 16.7. The molecule has 1 heterocycles. The zero-order chi connectivity index (χ0) is 21.5. The summed E-state index contributed by atoms with van der Waals surface area (Å²) in [6.45, 7) is 9.33. The molecular weight excluding hydrogens is 385 g/mol. The molecule has 0 saturated heterocycles. The third kappa shape index (κ3) is 7.76. The van der Waals surface area contributed by atoms with E-state index in [1.165, 1.54) is 26.3 Å². The smallest absolute Gasteiger partial charge is 0.286 e. The van der Waals surface area contributed by atoms with Crippen LogP contribution in [0.1, 0.15) is 32.8 Å². The largest absolute Gasteiger partial charge is 0.404 e. The molecule has 4 N–H and O–H groups in total. The lowest BCUT2D eigenvalue weighted by atomic mass is 10.0. The lowest BCUT2D eigenvalue weighted by molar-refractivity contribution is -0.124. The first-order chi connectivity index (χ1) is 12.9. The van der Waals surface area contributed by atoms with Gasteiger partial charge in [-0.15, -0.1) is 0 Å². The number of nitrogens with two attached hydrogens (primary N) is 1. The van der Waals surface area contributed by atoms with Crippen LogP contribution in [0.2, 0.25) is 0 Å². The second-order valence-electron chi connectivity index (χ2n) is 7.23. The Morgan fingerprint density at radius 3 is 2.64 bits per heavy atom. The lowest BCUT2D eigenvalue weighted by Crippen LogP contribution is -2.53. The van der Waals surface area contributed by atoms with E-state index < -0.39 is 17.2 Å². The summed E-state index contributed by atoms with van der Waals surface area (Å²) in [5.74, 6) is -0.277. The number of allylic oxidation sites excluding steroid dienone is 1. The molecule has 0 bridgehead atoms. The molecule has 0 spiro atoms. The van der Waals surface area contributed by atoms with Crippen LogP contribution in [0.15, 0.2) is 41.4 Å². The average Bonchev–Trinajstić information content (AvgIpc) is 3.00. The van der Waals surface area contributed by atoms with Crippen molar-refractivity contribution < 1.29 is 13.6 Å². The predicted octanol–water partition coefficient (Wildman–Crippen LogP) is 2.13. The topological polar surface area (TPSA) is 97.3 Å². The molecule has 0 fully saturated rings. The van der Waals surface area contributed by atoms with Gasteiger partial charge in [0.25, 0.3) is 5.66 Å².